The molecule has 3 heterocycles. The summed E-state index contributed by atoms with van der Waals surface area (Å²) in [5, 5.41) is 21.3. The molecule has 0 bridgehead atoms. The zero-order chi connectivity index (χ0) is 47.1. The maximum absolute atomic E-state index is 15.7. The molecule has 0 spiro atoms. The Morgan fingerprint density at radius 1 is 0.377 bits per heavy atom. The Hall–Kier alpha value is -9.51. The van der Waals surface area contributed by atoms with Crippen molar-refractivity contribution in [2.24, 2.45) is 0 Å². The fraction of sp³-hybridized carbons (Fsp3) is 0.0169. The third-order valence-corrected chi connectivity index (χ3v) is 12.1. The first-order chi connectivity index (χ1) is 33.7. The number of nitrogens with zero attached hydrogens (tertiary/aromatic N) is 7. The number of rotatable bonds is 8. The lowest BCUT2D eigenvalue weighted by atomic mass is 9.98. The van der Waals surface area contributed by atoms with Crippen molar-refractivity contribution in [2.45, 2.75) is 6.18 Å². The minimum Gasteiger partial charge on any atom is -0.308 e. The second-order valence-corrected chi connectivity index (χ2v) is 16.4. The molecule has 69 heavy (non-hydrogen) atoms. The average Bonchev–Trinajstić information content (AvgIpc) is 3.74. The van der Waals surface area contributed by atoms with Crippen LogP contribution in [-0.2, 0) is 6.18 Å². The predicted molar refractivity (Wildman–Crippen MR) is 264 cm³/mol. The summed E-state index contributed by atoms with van der Waals surface area (Å²) in [6.45, 7) is 0. The van der Waals surface area contributed by atoms with Crippen LogP contribution in [0.1, 0.15) is 16.7 Å². The number of nitriles is 2. The number of benzene rings is 8. The monoisotopic (exact) mass is 897 g/mol. The molecule has 0 saturated heterocycles. The van der Waals surface area contributed by atoms with E-state index >= 15 is 13.2 Å². The number of aromatic nitrogens is 5. The molecule has 11 aromatic rings. The van der Waals surface area contributed by atoms with Gasteiger partial charge in [0.15, 0.2) is 11.6 Å². The van der Waals surface area contributed by atoms with Crippen molar-refractivity contribution in [3.05, 3.63) is 223 Å². The van der Waals surface area contributed by atoms with Gasteiger partial charge in [0.1, 0.15) is 0 Å². The fourth-order valence-corrected chi connectivity index (χ4v) is 8.86. The van der Waals surface area contributed by atoms with Crippen LogP contribution < -0.4 is 0 Å². The molecule has 326 valence electrons. The first kappa shape index (κ1) is 42.1. The highest BCUT2D eigenvalue weighted by Gasteiger charge is 2.35. The first-order valence-corrected chi connectivity index (χ1v) is 22.0. The molecule has 0 aliphatic rings. The molecule has 3 aromatic heterocycles. The predicted octanol–water partition coefficient (Wildman–Crippen LogP) is 14.8. The fourth-order valence-electron chi connectivity index (χ4n) is 8.86. The molecule has 0 radical (unpaired) electrons. The van der Waals surface area contributed by atoms with E-state index in [1.165, 1.54) is 6.07 Å². The van der Waals surface area contributed by atoms with Crippen LogP contribution >= 0.6 is 0 Å². The Bertz CT molecular complexity index is 3540. The van der Waals surface area contributed by atoms with Gasteiger partial charge in [0, 0.05) is 44.2 Å². The molecule has 0 aliphatic heterocycles. The number of halogens is 3. The minimum atomic E-state index is -4.82. The summed E-state index contributed by atoms with van der Waals surface area (Å²) in [5.41, 5.74) is 8.07. The Morgan fingerprint density at radius 3 is 1.20 bits per heavy atom. The number of hydrogen-bond acceptors (Lipinski definition) is 6. The molecule has 0 atom stereocenters. The van der Waals surface area contributed by atoms with E-state index < -0.39 is 11.7 Å². The molecule has 0 aliphatic carbocycles. The van der Waals surface area contributed by atoms with Crippen molar-refractivity contribution in [3.8, 4) is 96.8 Å². The maximum Gasteiger partial charge on any atom is 0.416 e. The third kappa shape index (κ3) is 8.03. The summed E-state index contributed by atoms with van der Waals surface area (Å²) in [7, 11) is 0. The van der Waals surface area contributed by atoms with Crippen LogP contribution in [0.25, 0.3) is 106 Å². The highest BCUT2D eigenvalue weighted by Crippen LogP contribution is 2.45. The topological polar surface area (TPSA) is 104 Å². The van der Waals surface area contributed by atoms with Crippen LogP contribution in [0.2, 0.25) is 0 Å². The van der Waals surface area contributed by atoms with E-state index in [1.54, 1.807) is 12.1 Å². The molecule has 10 heteroatoms. The van der Waals surface area contributed by atoms with E-state index in [9.17, 15) is 10.5 Å². The van der Waals surface area contributed by atoms with Crippen molar-refractivity contribution >= 4 is 21.8 Å². The van der Waals surface area contributed by atoms with Gasteiger partial charge in [-0.05, 0) is 71.8 Å². The number of alkyl halides is 3. The molecular formula is C59H34F3N7. The van der Waals surface area contributed by atoms with E-state index in [1.807, 2.05) is 180 Å². The van der Waals surface area contributed by atoms with Gasteiger partial charge in [-0.3, -0.25) is 0 Å². The number of para-hydroxylation sites is 1. The molecular weight excluding hydrogens is 864 g/mol. The summed E-state index contributed by atoms with van der Waals surface area (Å²) >= 11 is 0. The molecule has 7 nitrogen and oxygen atoms in total. The van der Waals surface area contributed by atoms with Crippen LogP contribution in [0, 0.1) is 22.7 Å². The number of fused-ring (bicyclic) bond motifs is 3. The van der Waals surface area contributed by atoms with Gasteiger partial charge in [-0.1, -0.05) is 146 Å². The van der Waals surface area contributed by atoms with E-state index in [4.69, 9.17) is 19.9 Å². The zero-order valence-corrected chi connectivity index (χ0v) is 36.4. The Morgan fingerprint density at radius 2 is 0.783 bits per heavy atom. The van der Waals surface area contributed by atoms with Crippen LogP contribution in [0.4, 0.5) is 13.2 Å². The largest absolute Gasteiger partial charge is 0.416 e. The second-order valence-electron chi connectivity index (χ2n) is 16.4. The standard InChI is InChI=1S/C59H34F3N7/c60-59(61,62)45-31-48(57-65-50(39-15-5-1-6-16-39)33-51(66-57)40-17-7-2-8-18-40)56(49(32-45)58-67-52(41-19-9-3-10-20-41)34-53(68-58)42-21-11-4-12-22-42)69-54-24-14-13-23-46(54)47-30-43(25-26-55(47)69)44-28-37(35-63)27-38(29-44)36-64/h1-34H. The van der Waals surface area contributed by atoms with Gasteiger partial charge in [-0.25, -0.2) is 19.9 Å². The van der Waals surface area contributed by atoms with E-state index in [2.05, 4.69) is 12.1 Å². The van der Waals surface area contributed by atoms with E-state index in [0.29, 0.717) is 56.2 Å². The Kier molecular flexibility index (Phi) is 10.6. The highest BCUT2D eigenvalue weighted by atomic mass is 19.4. The Balaban J connectivity index is 1.29. The van der Waals surface area contributed by atoms with E-state index in [-0.39, 0.29) is 22.8 Å². The zero-order valence-electron chi connectivity index (χ0n) is 36.4. The number of hydrogen-bond donors (Lipinski definition) is 0. The molecule has 0 unspecified atom stereocenters. The molecule has 0 fully saturated rings. The van der Waals surface area contributed by atoms with Gasteiger partial charge in [0.05, 0.1) is 68.3 Å². The molecule has 0 N–H and O–H groups in total. The van der Waals surface area contributed by atoms with Gasteiger partial charge in [-0.2, -0.15) is 23.7 Å². The molecule has 0 saturated carbocycles. The third-order valence-electron chi connectivity index (χ3n) is 12.1. The van der Waals surface area contributed by atoms with E-state index in [0.717, 1.165) is 50.7 Å². The van der Waals surface area contributed by atoms with Gasteiger partial charge in [0.2, 0.25) is 0 Å². The minimum absolute atomic E-state index is 0.0555. The van der Waals surface area contributed by atoms with Crippen LogP contribution in [0.3, 0.4) is 0 Å². The summed E-state index contributed by atoms with van der Waals surface area (Å²) in [6.07, 6.45) is -4.82. The lowest BCUT2D eigenvalue weighted by molar-refractivity contribution is -0.137. The quantitative estimate of drug-likeness (QED) is 0.150. The SMILES string of the molecule is N#Cc1cc(C#N)cc(-c2ccc3c(c2)c2ccccc2n3-c2c(-c3nc(-c4ccccc4)cc(-c4ccccc4)n3)cc(C(F)(F)F)cc2-c2nc(-c3ccccc3)cc(-c3ccccc3)n2)c1. The van der Waals surface area contributed by atoms with Gasteiger partial charge < -0.3 is 4.57 Å². The van der Waals surface area contributed by atoms with Gasteiger partial charge in [-0.15, -0.1) is 0 Å². The van der Waals surface area contributed by atoms with Gasteiger partial charge in [0.25, 0.3) is 0 Å². The van der Waals surface area contributed by atoms with Crippen molar-refractivity contribution in [1.29, 1.82) is 10.5 Å². The van der Waals surface area contributed by atoms with Crippen molar-refractivity contribution in [2.75, 3.05) is 0 Å². The average molecular weight is 898 g/mol. The molecule has 11 rings (SSSR count). The van der Waals surface area contributed by atoms with Crippen molar-refractivity contribution in [3.63, 3.8) is 0 Å². The summed E-state index contributed by atoms with van der Waals surface area (Å²) in [6, 6.07) is 66.7. The summed E-state index contributed by atoms with van der Waals surface area (Å²) in [5.74, 6) is 0.111. The Labute approximate surface area is 394 Å². The van der Waals surface area contributed by atoms with Gasteiger partial charge >= 0.3 is 6.18 Å². The van der Waals surface area contributed by atoms with Crippen LogP contribution in [-0.4, -0.2) is 24.5 Å². The van der Waals surface area contributed by atoms with Crippen LogP contribution in [0.15, 0.2) is 206 Å². The summed E-state index contributed by atoms with van der Waals surface area (Å²) < 4.78 is 49.1. The normalized spacial score (nSPS) is 11.4. The maximum atomic E-state index is 15.7. The second kappa shape index (κ2) is 17.4. The highest BCUT2D eigenvalue weighted by molar-refractivity contribution is 6.11. The lowest BCUT2D eigenvalue weighted by Crippen LogP contribution is -2.11. The summed E-state index contributed by atoms with van der Waals surface area (Å²) in [4.78, 5) is 20.5. The first-order valence-electron chi connectivity index (χ1n) is 22.0. The van der Waals surface area contributed by atoms with Crippen LogP contribution in [0.5, 0.6) is 0 Å². The van der Waals surface area contributed by atoms with Crippen molar-refractivity contribution < 1.29 is 13.2 Å². The molecule has 8 aromatic carbocycles. The van der Waals surface area contributed by atoms with Crippen molar-refractivity contribution in [1.82, 2.24) is 24.5 Å². The smallest absolute Gasteiger partial charge is 0.308 e. The lowest BCUT2D eigenvalue weighted by Gasteiger charge is -2.21. The molecule has 0 amide bonds.